The Morgan fingerprint density at radius 3 is 2.78 bits per heavy atom. The summed E-state index contributed by atoms with van der Waals surface area (Å²) < 4.78 is 14.3. The molecule has 9 heteroatoms. The molecule has 0 saturated heterocycles. The molecule has 4 heterocycles. The molecule has 1 aromatic carbocycles. The van der Waals surface area contributed by atoms with Gasteiger partial charge < -0.3 is 10.3 Å². The highest BCUT2D eigenvalue weighted by Crippen LogP contribution is 2.29. The van der Waals surface area contributed by atoms with Gasteiger partial charge in [-0.05, 0) is 61.9 Å². The third-order valence-corrected chi connectivity index (χ3v) is 5.86. The van der Waals surface area contributed by atoms with Crippen LogP contribution < -0.4 is 15.9 Å². The van der Waals surface area contributed by atoms with E-state index in [0.29, 0.717) is 23.6 Å². The summed E-state index contributed by atoms with van der Waals surface area (Å²) >= 11 is 0. The van der Waals surface area contributed by atoms with Gasteiger partial charge in [-0.3, -0.25) is 20.1 Å². The van der Waals surface area contributed by atoms with E-state index in [-0.39, 0.29) is 5.82 Å². The molecule has 0 aliphatic rings. The molecule has 5 rings (SSSR count). The first kappa shape index (κ1) is 23.3. The second-order valence-corrected chi connectivity index (χ2v) is 8.34. The fraction of sp³-hybridized carbons (Fsp3) is 0.148. The van der Waals surface area contributed by atoms with Crippen LogP contribution in [0.5, 0.6) is 0 Å². The molecule has 36 heavy (non-hydrogen) atoms. The van der Waals surface area contributed by atoms with Crippen molar-refractivity contribution < 1.29 is 4.39 Å². The SMILES string of the molecule is C\C=c1/c(-c2nc3c(-c4cc(F)cc(CNC)c4)cncc3[nH]2)n[nH]/c1=C/C=C(\C)c1cnccn1. The summed E-state index contributed by atoms with van der Waals surface area (Å²) in [5.41, 5.74) is 6.24. The normalized spacial score (nSPS) is 13.2. The Labute approximate surface area is 206 Å². The lowest BCUT2D eigenvalue weighted by Crippen LogP contribution is -2.23. The molecule has 0 radical (unpaired) electrons. The van der Waals surface area contributed by atoms with Crippen LogP contribution in [0.1, 0.15) is 25.1 Å². The Hall–Kier alpha value is -4.50. The topological polar surface area (TPSA) is 108 Å². The lowest BCUT2D eigenvalue weighted by Gasteiger charge is -2.06. The van der Waals surface area contributed by atoms with Gasteiger partial charge in [-0.25, -0.2) is 9.37 Å². The van der Waals surface area contributed by atoms with E-state index >= 15 is 0 Å². The number of benzene rings is 1. The van der Waals surface area contributed by atoms with Gasteiger partial charge in [0.1, 0.15) is 11.5 Å². The Morgan fingerprint density at radius 2 is 2.00 bits per heavy atom. The van der Waals surface area contributed by atoms with Crippen molar-refractivity contribution in [2.75, 3.05) is 7.05 Å². The molecule has 180 valence electrons. The standard InChI is InChI=1S/C27H25FN8/c1-4-20-22(6-5-16(2)23-14-30-7-8-32-23)35-36-26(20)27-33-24-15-31-13-21(25(24)34-27)18-9-17(12-29-3)10-19(28)11-18/h4-11,13-15,29,35H,12H2,1-3H3,(H,33,34)/b16-5+,20-4-,22-6+. The number of hydrogen-bond donors (Lipinski definition) is 3. The fourth-order valence-electron chi connectivity index (χ4n) is 4.13. The molecule has 0 aliphatic heterocycles. The van der Waals surface area contributed by atoms with Crippen LogP contribution >= 0.6 is 0 Å². The first-order valence-electron chi connectivity index (χ1n) is 11.5. The van der Waals surface area contributed by atoms with E-state index in [2.05, 4.69) is 35.5 Å². The number of imidazole rings is 1. The summed E-state index contributed by atoms with van der Waals surface area (Å²) in [5, 5.41) is 12.4. The largest absolute Gasteiger partial charge is 0.335 e. The maximum Gasteiger partial charge on any atom is 0.159 e. The second-order valence-electron chi connectivity index (χ2n) is 8.34. The Kier molecular flexibility index (Phi) is 6.46. The quantitative estimate of drug-likeness (QED) is 0.344. The third kappa shape index (κ3) is 4.56. The summed E-state index contributed by atoms with van der Waals surface area (Å²) in [6.45, 7) is 4.50. The monoisotopic (exact) mass is 480 g/mol. The van der Waals surface area contributed by atoms with Crippen LogP contribution in [-0.2, 0) is 6.54 Å². The number of aromatic nitrogens is 7. The highest BCUT2D eigenvalue weighted by molar-refractivity contribution is 5.92. The molecule has 0 amide bonds. The predicted molar refractivity (Wildman–Crippen MR) is 139 cm³/mol. The lowest BCUT2D eigenvalue weighted by molar-refractivity contribution is 0.624. The Morgan fingerprint density at radius 1 is 1.11 bits per heavy atom. The average molecular weight is 481 g/mol. The van der Waals surface area contributed by atoms with E-state index in [1.807, 2.05) is 45.2 Å². The predicted octanol–water partition coefficient (Wildman–Crippen LogP) is 3.35. The first-order chi connectivity index (χ1) is 17.6. The zero-order valence-corrected chi connectivity index (χ0v) is 20.2. The van der Waals surface area contributed by atoms with Crippen LogP contribution in [0.25, 0.3) is 51.4 Å². The molecule has 0 aliphatic carbocycles. The molecule has 3 N–H and O–H groups in total. The van der Waals surface area contributed by atoms with E-state index in [4.69, 9.17) is 4.98 Å². The number of nitrogens with zero attached hydrogens (tertiary/aromatic N) is 5. The number of pyridine rings is 1. The molecule has 8 nitrogen and oxygen atoms in total. The van der Waals surface area contributed by atoms with Crippen LogP contribution in [0.15, 0.2) is 55.3 Å². The highest BCUT2D eigenvalue weighted by atomic mass is 19.1. The number of H-pyrrole nitrogens is 2. The number of rotatable bonds is 6. The molecule has 0 spiro atoms. The van der Waals surface area contributed by atoms with Crippen LogP contribution in [0, 0.1) is 5.82 Å². The smallest absolute Gasteiger partial charge is 0.159 e. The molecule has 5 aromatic rings. The van der Waals surface area contributed by atoms with Crippen molar-refractivity contribution in [1.82, 2.24) is 40.4 Å². The zero-order valence-electron chi connectivity index (χ0n) is 20.2. The number of halogens is 1. The van der Waals surface area contributed by atoms with Crippen molar-refractivity contribution >= 4 is 28.8 Å². The van der Waals surface area contributed by atoms with Gasteiger partial charge in [0.2, 0.25) is 0 Å². The average Bonchev–Trinajstić information content (AvgIpc) is 3.51. The van der Waals surface area contributed by atoms with Gasteiger partial charge in [-0.15, -0.1) is 0 Å². The molecular formula is C27H25FN8. The summed E-state index contributed by atoms with van der Waals surface area (Å²) in [5.74, 6) is 0.301. The van der Waals surface area contributed by atoms with E-state index in [1.54, 1.807) is 31.0 Å². The molecular weight excluding hydrogens is 455 g/mol. The maximum atomic E-state index is 14.3. The third-order valence-electron chi connectivity index (χ3n) is 5.86. The second kappa shape index (κ2) is 10.0. The van der Waals surface area contributed by atoms with Crippen molar-refractivity contribution in [3.63, 3.8) is 0 Å². The van der Waals surface area contributed by atoms with Gasteiger partial charge >= 0.3 is 0 Å². The van der Waals surface area contributed by atoms with Crippen molar-refractivity contribution in [2.45, 2.75) is 20.4 Å². The summed E-state index contributed by atoms with van der Waals surface area (Å²) in [4.78, 5) is 21.0. The van der Waals surface area contributed by atoms with E-state index in [1.165, 1.54) is 12.1 Å². The Balaban J connectivity index is 1.58. The number of allylic oxidation sites excluding steroid dienone is 2. The molecule has 0 unspecified atom stereocenters. The van der Waals surface area contributed by atoms with Gasteiger partial charge in [0.05, 0.1) is 34.5 Å². The minimum atomic E-state index is -0.300. The minimum Gasteiger partial charge on any atom is -0.335 e. The maximum absolute atomic E-state index is 14.3. The number of nitrogens with one attached hydrogen (secondary N) is 3. The van der Waals surface area contributed by atoms with Gasteiger partial charge in [-0.2, -0.15) is 5.10 Å². The highest BCUT2D eigenvalue weighted by Gasteiger charge is 2.15. The summed E-state index contributed by atoms with van der Waals surface area (Å²) in [6.07, 6.45) is 14.4. The van der Waals surface area contributed by atoms with Gasteiger partial charge in [0.15, 0.2) is 5.82 Å². The number of hydrogen-bond acceptors (Lipinski definition) is 6. The summed E-state index contributed by atoms with van der Waals surface area (Å²) in [6, 6.07) is 4.97. The van der Waals surface area contributed by atoms with Crippen molar-refractivity contribution in [2.24, 2.45) is 0 Å². The van der Waals surface area contributed by atoms with E-state index < -0.39 is 0 Å². The van der Waals surface area contributed by atoms with Gasteiger partial charge in [0, 0.05) is 35.9 Å². The fourth-order valence-corrected chi connectivity index (χ4v) is 4.13. The van der Waals surface area contributed by atoms with Crippen LogP contribution in [0.4, 0.5) is 4.39 Å². The lowest BCUT2D eigenvalue weighted by atomic mass is 10.0. The minimum absolute atomic E-state index is 0.300. The molecule has 0 saturated carbocycles. The van der Waals surface area contributed by atoms with Gasteiger partial charge in [-0.1, -0.05) is 12.2 Å². The van der Waals surface area contributed by atoms with Crippen LogP contribution in [-0.4, -0.2) is 42.2 Å². The molecule has 0 fully saturated rings. The van der Waals surface area contributed by atoms with Crippen molar-refractivity contribution in [3.8, 4) is 22.6 Å². The van der Waals surface area contributed by atoms with Crippen LogP contribution in [0.3, 0.4) is 0 Å². The zero-order chi connectivity index (χ0) is 25.1. The van der Waals surface area contributed by atoms with Crippen molar-refractivity contribution in [1.29, 1.82) is 0 Å². The Bertz CT molecular complexity index is 1680. The van der Waals surface area contributed by atoms with Crippen molar-refractivity contribution in [3.05, 3.63) is 82.9 Å². The van der Waals surface area contributed by atoms with E-state index in [9.17, 15) is 4.39 Å². The number of fused-ring (bicyclic) bond motifs is 1. The number of aromatic amines is 2. The summed E-state index contributed by atoms with van der Waals surface area (Å²) in [7, 11) is 1.83. The van der Waals surface area contributed by atoms with Gasteiger partial charge in [0.25, 0.3) is 0 Å². The molecule has 0 atom stereocenters. The first-order valence-corrected chi connectivity index (χ1v) is 11.5. The molecule has 0 bridgehead atoms. The molecule has 4 aromatic heterocycles. The van der Waals surface area contributed by atoms with Crippen LogP contribution in [0.2, 0.25) is 0 Å². The van der Waals surface area contributed by atoms with E-state index in [0.717, 1.165) is 44.0 Å².